The molecule has 0 N–H and O–H groups in total. The Morgan fingerprint density at radius 1 is 0.447 bits per heavy atom. The number of halogens is 8. The lowest BCUT2D eigenvalue weighted by molar-refractivity contribution is 0.334. The predicted molar refractivity (Wildman–Crippen MR) is 125 cm³/mol. The summed E-state index contributed by atoms with van der Waals surface area (Å²) >= 11 is 0. The molecule has 0 fully saturated rings. The second-order valence-corrected chi connectivity index (χ2v) is 8.19. The highest BCUT2D eigenvalue weighted by Gasteiger charge is 2.33. The quantitative estimate of drug-likeness (QED) is 0.0997. The zero-order valence-corrected chi connectivity index (χ0v) is 19.5. The van der Waals surface area contributed by atoms with E-state index in [0.717, 1.165) is 7.11 Å². The van der Waals surface area contributed by atoms with Crippen molar-refractivity contribution in [3.63, 3.8) is 0 Å². The lowest BCUT2D eigenvalue weighted by Crippen LogP contribution is -2.07. The number of fused-ring (bicyclic) bond motifs is 2. The third-order valence-electron chi connectivity index (χ3n) is 6.29. The van der Waals surface area contributed by atoms with Gasteiger partial charge < -0.3 is 9.47 Å². The lowest BCUT2D eigenvalue weighted by Gasteiger charge is -2.20. The fourth-order valence-electron chi connectivity index (χ4n) is 4.62. The van der Waals surface area contributed by atoms with Crippen molar-refractivity contribution in [2.75, 3.05) is 14.2 Å². The third-order valence-corrected chi connectivity index (χ3v) is 6.29. The highest BCUT2D eigenvalue weighted by atomic mass is 19.2. The summed E-state index contributed by atoms with van der Waals surface area (Å²) < 4.78 is 130. The number of benzene rings is 5. The largest absolute Gasteiger partial charge is 0.497 e. The molecule has 0 amide bonds. The molecule has 38 heavy (non-hydrogen) atoms. The van der Waals surface area contributed by atoms with Crippen LogP contribution in [0.4, 0.5) is 35.1 Å². The van der Waals surface area contributed by atoms with Crippen LogP contribution in [0.2, 0.25) is 0 Å². The van der Waals surface area contributed by atoms with E-state index in [4.69, 9.17) is 4.74 Å². The number of rotatable bonds is 4. The molecular weight excluding hydrogens is 520 g/mol. The van der Waals surface area contributed by atoms with Crippen molar-refractivity contribution in [2.24, 2.45) is 0 Å². The molecule has 0 bridgehead atoms. The van der Waals surface area contributed by atoms with Crippen LogP contribution in [0, 0.1) is 46.5 Å². The number of hydrogen-bond acceptors (Lipinski definition) is 2. The molecule has 0 aromatic heterocycles. The van der Waals surface area contributed by atoms with Gasteiger partial charge in [0.15, 0.2) is 40.7 Å². The average Bonchev–Trinajstić information content (AvgIpc) is 2.93. The van der Waals surface area contributed by atoms with Crippen molar-refractivity contribution >= 4 is 21.5 Å². The van der Waals surface area contributed by atoms with Crippen LogP contribution in [-0.2, 0) is 0 Å². The Morgan fingerprint density at radius 3 is 1.39 bits per heavy atom. The third kappa shape index (κ3) is 3.47. The fraction of sp³-hybridized carbons (Fsp3) is 0.0714. The van der Waals surface area contributed by atoms with Crippen LogP contribution < -0.4 is 9.47 Å². The molecule has 2 nitrogen and oxygen atoms in total. The normalized spacial score (nSPS) is 11.4. The Balaban J connectivity index is 2.11. The molecule has 5 rings (SSSR count). The standard InChI is InChI=1S/C28H14F8O2/c1-37-12-9-7-11(8-10-12)15-13-5-3-4-6-14(13)16(18-17(15)20(29)24(33)25(34)21(18)30)19-22(31)26(35)28(38-2)27(36)23(19)32/h3-10H,1-2H3. The van der Waals surface area contributed by atoms with Crippen LogP contribution >= 0.6 is 0 Å². The summed E-state index contributed by atoms with van der Waals surface area (Å²) in [6.45, 7) is 0. The second kappa shape index (κ2) is 9.20. The minimum Gasteiger partial charge on any atom is -0.497 e. The molecule has 0 saturated heterocycles. The van der Waals surface area contributed by atoms with Crippen molar-refractivity contribution in [1.29, 1.82) is 0 Å². The van der Waals surface area contributed by atoms with Gasteiger partial charge in [-0.2, -0.15) is 8.78 Å². The van der Waals surface area contributed by atoms with Gasteiger partial charge in [0, 0.05) is 21.9 Å². The smallest absolute Gasteiger partial charge is 0.204 e. The van der Waals surface area contributed by atoms with Crippen molar-refractivity contribution in [3.05, 3.63) is 95.1 Å². The molecule has 0 heterocycles. The summed E-state index contributed by atoms with van der Waals surface area (Å²) in [5, 5.41) is -2.24. The summed E-state index contributed by atoms with van der Waals surface area (Å²) in [5.74, 6) is -17.3. The molecule has 10 heteroatoms. The van der Waals surface area contributed by atoms with Crippen molar-refractivity contribution < 1.29 is 44.6 Å². The highest BCUT2D eigenvalue weighted by molar-refractivity contribution is 6.21. The fourth-order valence-corrected chi connectivity index (χ4v) is 4.62. The molecule has 0 saturated carbocycles. The molecule has 0 aliphatic heterocycles. The van der Waals surface area contributed by atoms with Gasteiger partial charge >= 0.3 is 0 Å². The monoisotopic (exact) mass is 534 g/mol. The van der Waals surface area contributed by atoms with E-state index in [1.165, 1.54) is 55.6 Å². The molecule has 0 radical (unpaired) electrons. The maximum Gasteiger partial charge on any atom is 0.204 e. The summed E-state index contributed by atoms with van der Waals surface area (Å²) in [6.07, 6.45) is 0. The maximum atomic E-state index is 15.5. The average molecular weight is 534 g/mol. The topological polar surface area (TPSA) is 18.5 Å². The minimum atomic E-state index is -2.28. The number of ether oxygens (including phenoxy) is 2. The Kier molecular flexibility index (Phi) is 6.13. The SMILES string of the molecule is COc1ccc(-c2c3ccccc3c(-c3c(F)c(F)c(OC)c(F)c3F)c3c(F)c(F)c(F)c(F)c23)cc1. The van der Waals surface area contributed by atoms with Gasteiger partial charge in [0.05, 0.1) is 19.8 Å². The van der Waals surface area contributed by atoms with Gasteiger partial charge in [0.25, 0.3) is 0 Å². The molecule has 0 atom stereocenters. The van der Waals surface area contributed by atoms with E-state index in [9.17, 15) is 17.6 Å². The van der Waals surface area contributed by atoms with Gasteiger partial charge in [-0.25, -0.2) is 26.3 Å². The molecular formula is C28H14F8O2. The first kappa shape index (κ1) is 25.3. The van der Waals surface area contributed by atoms with Crippen LogP contribution in [0.15, 0.2) is 48.5 Å². The zero-order valence-electron chi connectivity index (χ0n) is 19.5. The first-order valence-corrected chi connectivity index (χ1v) is 10.9. The van der Waals surface area contributed by atoms with Crippen LogP contribution in [0.25, 0.3) is 43.8 Å². The van der Waals surface area contributed by atoms with Gasteiger partial charge in [-0.1, -0.05) is 36.4 Å². The molecule has 0 aliphatic carbocycles. The zero-order chi connectivity index (χ0) is 27.5. The van der Waals surface area contributed by atoms with Crippen LogP contribution in [0.5, 0.6) is 11.5 Å². The lowest BCUT2D eigenvalue weighted by atomic mass is 9.85. The number of methoxy groups -OCH3 is 2. The Labute approximate surface area is 209 Å². The van der Waals surface area contributed by atoms with E-state index >= 15 is 17.6 Å². The summed E-state index contributed by atoms with van der Waals surface area (Å²) in [6, 6.07) is 11.1. The van der Waals surface area contributed by atoms with E-state index in [1.807, 2.05) is 0 Å². The first-order valence-electron chi connectivity index (χ1n) is 10.9. The minimum absolute atomic E-state index is 0.0000839. The van der Waals surface area contributed by atoms with E-state index in [0.29, 0.717) is 5.75 Å². The van der Waals surface area contributed by atoms with Gasteiger partial charge in [-0.3, -0.25) is 0 Å². The first-order chi connectivity index (χ1) is 18.1. The summed E-state index contributed by atoms with van der Waals surface area (Å²) in [4.78, 5) is 0. The van der Waals surface area contributed by atoms with E-state index in [2.05, 4.69) is 4.74 Å². The Morgan fingerprint density at radius 2 is 0.921 bits per heavy atom. The number of hydrogen-bond donors (Lipinski definition) is 0. The highest BCUT2D eigenvalue weighted by Crippen LogP contribution is 2.49. The van der Waals surface area contributed by atoms with Gasteiger partial charge in [0.1, 0.15) is 5.75 Å². The van der Waals surface area contributed by atoms with Gasteiger partial charge in [-0.15, -0.1) is 0 Å². The summed E-state index contributed by atoms with van der Waals surface area (Å²) in [5.41, 5.74) is -2.35. The molecule has 0 spiro atoms. The van der Waals surface area contributed by atoms with E-state index in [1.54, 1.807) is 0 Å². The van der Waals surface area contributed by atoms with Crippen molar-refractivity contribution in [1.82, 2.24) is 0 Å². The van der Waals surface area contributed by atoms with Crippen LogP contribution in [-0.4, -0.2) is 14.2 Å². The van der Waals surface area contributed by atoms with Crippen LogP contribution in [0.3, 0.4) is 0 Å². The van der Waals surface area contributed by atoms with Crippen molar-refractivity contribution in [2.45, 2.75) is 0 Å². The van der Waals surface area contributed by atoms with Crippen molar-refractivity contribution in [3.8, 4) is 33.8 Å². The maximum absolute atomic E-state index is 15.5. The van der Waals surface area contributed by atoms with Gasteiger partial charge in [0.2, 0.25) is 11.6 Å². The molecule has 0 aliphatic rings. The van der Waals surface area contributed by atoms with Gasteiger partial charge in [-0.05, 0) is 28.5 Å². The second-order valence-electron chi connectivity index (χ2n) is 8.19. The van der Waals surface area contributed by atoms with E-state index in [-0.39, 0.29) is 21.9 Å². The Hall–Kier alpha value is -4.34. The molecule has 0 unspecified atom stereocenters. The molecule has 5 aromatic carbocycles. The predicted octanol–water partition coefficient (Wildman–Crippen LogP) is 8.46. The molecule has 194 valence electrons. The summed E-state index contributed by atoms with van der Waals surface area (Å²) in [7, 11) is 2.15. The van der Waals surface area contributed by atoms with Crippen LogP contribution in [0.1, 0.15) is 0 Å². The van der Waals surface area contributed by atoms with E-state index < -0.39 is 74.2 Å². The molecule has 5 aromatic rings. The Bertz CT molecular complexity index is 1740.